The first-order chi connectivity index (χ1) is 11.0. The maximum absolute atomic E-state index is 12.6. The molecular formula is C16H17ClN2O3S. The molecular weight excluding hydrogens is 336 g/mol. The largest absolute Gasteiger partial charge is 0.508 e. The average Bonchev–Trinajstić information content (AvgIpc) is 2.56. The van der Waals surface area contributed by atoms with Gasteiger partial charge >= 0.3 is 0 Å². The second-order valence-electron chi connectivity index (χ2n) is 5.36. The molecule has 7 heteroatoms. The van der Waals surface area contributed by atoms with Crippen molar-refractivity contribution in [2.45, 2.75) is 4.90 Å². The highest BCUT2D eigenvalue weighted by Crippen LogP contribution is 2.23. The van der Waals surface area contributed by atoms with Gasteiger partial charge in [0, 0.05) is 36.9 Å². The van der Waals surface area contributed by atoms with E-state index in [-0.39, 0.29) is 10.6 Å². The fraction of sp³-hybridized carbons (Fsp3) is 0.250. The smallest absolute Gasteiger partial charge is 0.243 e. The molecule has 0 bridgehead atoms. The Hall–Kier alpha value is -1.76. The summed E-state index contributed by atoms with van der Waals surface area (Å²) in [5, 5.41) is 9.85. The molecule has 23 heavy (non-hydrogen) atoms. The molecule has 0 unspecified atom stereocenters. The standard InChI is InChI=1S/C16H17ClN2O3S/c17-13-1-7-16(8-2-13)23(21,22)19-11-9-18(10-12-19)14-3-5-15(20)6-4-14/h1-8,20H,9-12H2. The summed E-state index contributed by atoms with van der Waals surface area (Å²) in [6.45, 7) is 2.06. The van der Waals surface area contributed by atoms with Crippen molar-refractivity contribution in [3.63, 3.8) is 0 Å². The minimum Gasteiger partial charge on any atom is -0.508 e. The number of anilines is 1. The Labute approximate surface area is 140 Å². The molecule has 1 saturated heterocycles. The van der Waals surface area contributed by atoms with Gasteiger partial charge < -0.3 is 10.0 Å². The van der Waals surface area contributed by atoms with E-state index in [9.17, 15) is 13.5 Å². The van der Waals surface area contributed by atoms with Gasteiger partial charge in [0.25, 0.3) is 0 Å². The number of phenols is 1. The molecule has 0 saturated carbocycles. The molecule has 122 valence electrons. The Morgan fingerprint density at radius 3 is 2.00 bits per heavy atom. The van der Waals surface area contributed by atoms with Gasteiger partial charge in [-0.05, 0) is 48.5 Å². The summed E-state index contributed by atoms with van der Waals surface area (Å²) in [5.41, 5.74) is 0.978. The highest BCUT2D eigenvalue weighted by Gasteiger charge is 2.28. The van der Waals surface area contributed by atoms with Gasteiger partial charge in [-0.15, -0.1) is 0 Å². The van der Waals surface area contributed by atoms with Gasteiger partial charge in [-0.1, -0.05) is 11.6 Å². The first-order valence-corrected chi connectivity index (χ1v) is 9.08. The van der Waals surface area contributed by atoms with Crippen LogP contribution in [-0.2, 0) is 10.0 Å². The number of piperazine rings is 1. The molecule has 2 aromatic carbocycles. The molecule has 0 spiro atoms. The van der Waals surface area contributed by atoms with E-state index in [4.69, 9.17) is 11.6 Å². The second-order valence-corrected chi connectivity index (χ2v) is 7.74. The molecule has 0 radical (unpaired) electrons. The molecule has 0 atom stereocenters. The van der Waals surface area contributed by atoms with Crippen LogP contribution in [0.5, 0.6) is 5.75 Å². The first kappa shape index (κ1) is 16.1. The van der Waals surface area contributed by atoms with Crippen LogP contribution < -0.4 is 4.90 Å². The van der Waals surface area contributed by atoms with Gasteiger partial charge in [-0.2, -0.15) is 4.31 Å². The van der Waals surface area contributed by atoms with Crippen LogP contribution in [-0.4, -0.2) is 44.0 Å². The molecule has 3 rings (SSSR count). The molecule has 1 fully saturated rings. The minimum absolute atomic E-state index is 0.220. The van der Waals surface area contributed by atoms with Crippen molar-refractivity contribution in [3.05, 3.63) is 53.6 Å². The van der Waals surface area contributed by atoms with Crippen LogP contribution in [0.15, 0.2) is 53.4 Å². The Balaban J connectivity index is 1.70. The van der Waals surface area contributed by atoms with E-state index in [1.807, 2.05) is 12.1 Å². The zero-order valence-corrected chi connectivity index (χ0v) is 14.0. The summed E-state index contributed by atoms with van der Waals surface area (Å²) in [4.78, 5) is 2.37. The number of rotatable bonds is 3. The maximum Gasteiger partial charge on any atom is 0.243 e. The number of halogens is 1. The van der Waals surface area contributed by atoms with Gasteiger partial charge in [0.05, 0.1) is 4.90 Å². The molecule has 0 aromatic heterocycles. The monoisotopic (exact) mass is 352 g/mol. The highest BCUT2D eigenvalue weighted by molar-refractivity contribution is 7.89. The summed E-state index contributed by atoms with van der Waals surface area (Å²) < 4.78 is 26.7. The normalized spacial score (nSPS) is 16.5. The summed E-state index contributed by atoms with van der Waals surface area (Å²) in [6.07, 6.45) is 0. The third-order valence-corrected chi connectivity index (χ3v) is 6.07. The number of phenolic OH excluding ortho intramolecular Hbond substituents is 1. The van der Waals surface area contributed by atoms with Crippen LogP contribution in [0.1, 0.15) is 0 Å². The molecule has 1 aliphatic heterocycles. The van der Waals surface area contributed by atoms with E-state index in [0.29, 0.717) is 31.2 Å². The Morgan fingerprint density at radius 1 is 0.870 bits per heavy atom. The van der Waals surface area contributed by atoms with Crippen molar-refractivity contribution >= 4 is 27.3 Å². The lowest BCUT2D eigenvalue weighted by Gasteiger charge is -2.35. The Kier molecular flexibility index (Phi) is 4.48. The van der Waals surface area contributed by atoms with Gasteiger partial charge in [0.2, 0.25) is 10.0 Å². The van der Waals surface area contributed by atoms with Crippen LogP contribution in [0.2, 0.25) is 5.02 Å². The number of aromatic hydroxyl groups is 1. The quantitative estimate of drug-likeness (QED) is 0.922. The van der Waals surface area contributed by atoms with Crippen LogP contribution in [0.4, 0.5) is 5.69 Å². The highest BCUT2D eigenvalue weighted by atomic mass is 35.5. The predicted molar refractivity (Wildman–Crippen MR) is 90.5 cm³/mol. The lowest BCUT2D eigenvalue weighted by Crippen LogP contribution is -2.48. The Bertz CT molecular complexity index is 768. The van der Waals surface area contributed by atoms with Crippen molar-refractivity contribution in [2.24, 2.45) is 0 Å². The summed E-state index contributed by atoms with van der Waals surface area (Å²) >= 11 is 5.81. The SMILES string of the molecule is O=S(=O)(c1ccc(Cl)cc1)N1CCN(c2ccc(O)cc2)CC1. The van der Waals surface area contributed by atoms with E-state index in [2.05, 4.69) is 4.90 Å². The molecule has 1 aliphatic rings. The number of hydrogen-bond donors (Lipinski definition) is 1. The molecule has 5 nitrogen and oxygen atoms in total. The number of sulfonamides is 1. The lowest BCUT2D eigenvalue weighted by molar-refractivity contribution is 0.385. The van der Waals surface area contributed by atoms with Crippen molar-refractivity contribution in [3.8, 4) is 5.75 Å². The van der Waals surface area contributed by atoms with Crippen LogP contribution in [0.3, 0.4) is 0 Å². The van der Waals surface area contributed by atoms with Gasteiger partial charge in [0.15, 0.2) is 0 Å². The van der Waals surface area contributed by atoms with Crippen LogP contribution in [0.25, 0.3) is 0 Å². The van der Waals surface area contributed by atoms with Crippen LogP contribution >= 0.6 is 11.6 Å². The second kappa shape index (κ2) is 6.39. The van der Waals surface area contributed by atoms with Crippen molar-refractivity contribution in [2.75, 3.05) is 31.1 Å². The molecule has 1 heterocycles. The van der Waals surface area contributed by atoms with E-state index in [0.717, 1.165) is 5.69 Å². The van der Waals surface area contributed by atoms with Gasteiger partial charge in [0.1, 0.15) is 5.75 Å². The fourth-order valence-corrected chi connectivity index (χ4v) is 4.15. The number of nitrogens with zero attached hydrogens (tertiary/aromatic N) is 2. The molecule has 0 amide bonds. The first-order valence-electron chi connectivity index (χ1n) is 7.26. The van der Waals surface area contributed by atoms with E-state index >= 15 is 0 Å². The lowest BCUT2D eigenvalue weighted by atomic mass is 10.2. The minimum atomic E-state index is -3.48. The number of benzene rings is 2. The van der Waals surface area contributed by atoms with Gasteiger partial charge in [-0.25, -0.2) is 8.42 Å². The zero-order chi connectivity index (χ0) is 16.4. The summed E-state index contributed by atoms with van der Waals surface area (Å²) in [7, 11) is -3.48. The molecule has 1 N–H and O–H groups in total. The van der Waals surface area contributed by atoms with Crippen LogP contribution in [0, 0.1) is 0 Å². The molecule has 2 aromatic rings. The predicted octanol–water partition coefficient (Wildman–Crippen LogP) is 2.56. The third kappa shape index (κ3) is 3.44. The Morgan fingerprint density at radius 2 is 1.43 bits per heavy atom. The van der Waals surface area contributed by atoms with E-state index < -0.39 is 10.0 Å². The summed E-state index contributed by atoms with van der Waals surface area (Å²) in [6, 6.07) is 13.2. The fourth-order valence-electron chi connectivity index (χ4n) is 2.61. The third-order valence-electron chi connectivity index (χ3n) is 3.90. The maximum atomic E-state index is 12.6. The van der Waals surface area contributed by atoms with Gasteiger partial charge in [-0.3, -0.25) is 0 Å². The number of hydrogen-bond acceptors (Lipinski definition) is 4. The summed E-state index contributed by atoms with van der Waals surface area (Å²) in [5.74, 6) is 0.220. The average molecular weight is 353 g/mol. The molecule has 0 aliphatic carbocycles. The van der Waals surface area contributed by atoms with Crippen molar-refractivity contribution in [1.29, 1.82) is 0 Å². The zero-order valence-electron chi connectivity index (χ0n) is 12.4. The van der Waals surface area contributed by atoms with E-state index in [1.54, 1.807) is 24.3 Å². The van der Waals surface area contributed by atoms with Crippen molar-refractivity contribution < 1.29 is 13.5 Å². The van der Waals surface area contributed by atoms with Crippen molar-refractivity contribution in [1.82, 2.24) is 4.31 Å². The topological polar surface area (TPSA) is 60.9 Å². The van der Waals surface area contributed by atoms with E-state index in [1.165, 1.54) is 16.4 Å².